The fourth-order valence-corrected chi connectivity index (χ4v) is 2.30. The first-order valence-electron chi connectivity index (χ1n) is 6.10. The van der Waals surface area contributed by atoms with E-state index < -0.39 is 0 Å². The largest absolute Gasteiger partial charge is 0.336 e. The lowest BCUT2D eigenvalue weighted by atomic mass is 10.3. The molecular weight excluding hydrogens is 294 g/mol. The molecule has 2 aromatic rings. The topological polar surface area (TPSA) is 47.7 Å². The first-order chi connectivity index (χ1) is 8.72. The zero-order valence-electron chi connectivity index (χ0n) is 10.7. The van der Waals surface area contributed by atoms with Gasteiger partial charge < -0.3 is 9.88 Å². The molecule has 98 valence electrons. The van der Waals surface area contributed by atoms with Gasteiger partial charge in [-0.2, -0.15) is 5.10 Å². The Labute approximate surface area is 115 Å². The molecule has 0 aliphatic heterocycles. The Morgan fingerprint density at radius 1 is 1.44 bits per heavy atom. The summed E-state index contributed by atoms with van der Waals surface area (Å²) in [5, 5.41) is 7.90. The molecule has 0 bridgehead atoms. The van der Waals surface area contributed by atoms with E-state index in [0.29, 0.717) is 0 Å². The van der Waals surface area contributed by atoms with Crippen molar-refractivity contribution < 1.29 is 0 Å². The number of rotatable bonds is 6. The van der Waals surface area contributed by atoms with Gasteiger partial charge in [-0.1, -0.05) is 0 Å². The number of imidazole rings is 1. The number of hydrogen-bond acceptors (Lipinski definition) is 3. The average molecular weight is 312 g/mol. The molecule has 0 saturated carbocycles. The first kappa shape index (κ1) is 13.3. The van der Waals surface area contributed by atoms with E-state index in [2.05, 4.69) is 42.8 Å². The Morgan fingerprint density at radius 3 is 2.94 bits per heavy atom. The molecule has 0 spiro atoms. The quantitative estimate of drug-likeness (QED) is 0.830. The van der Waals surface area contributed by atoms with Crippen molar-refractivity contribution in [3.05, 3.63) is 34.6 Å². The molecule has 18 heavy (non-hydrogen) atoms. The second kappa shape index (κ2) is 6.15. The van der Waals surface area contributed by atoms with Gasteiger partial charge >= 0.3 is 0 Å². The van der Waals surface area contributed by atoms with E-state index in [1.165, 1.54) is 5.69 Å². The van der Waals surface area contributed by atoms with Crippen LogP contribution in [0.5, 0.6) is 0 Å². The minimum atomic E-state index is 0.823. The van der Waals surface area contributed by atoms with Gasteiger partial charge in [0.05, 0.1) is 22.2 Å². The number of nitrogens with zero attached hydrogens (tertiary/aromatic N) is 4. The standard InChI is InChI=1S/C12H18BrN5/c1-3-18-11(12(13)10(2)16-18)8-14-4-6-17-7-5-15-9-17/h5,7,9,14H,3-4,6,8H2,1-2H3. The zero-order chi connectivity index (χ0) is 13.0. The lowest BCUT2D eigenvalue weighted by Gasteiger charge is -2.08. The normalized spacial score (nSPS) is 11.1. The molecule has 0 radical (unpaired) electrons. The van der Waals surface area contributed by atoms with Crippen LogP contribution < -0.4 is 5.32 Å². The van der Waals surface area contributed by atoms with Crippen molar-refractivity contribution in [3.63, 3.8) is 0 Å². The van der Waals surface area contributed by atoms with E-state index >= 15 is 0 Å². The molecule has 1 N–H and O–H groups in total. The summed E-state index contributed by atoms with van der Waals surface area (Å²) in [5.74, 6) is 0. The van der Waals surface area contributed by atoms with Crippen LogP contribution in [0.15, 0.2) is 23.2 Å². The third-order valence-electron chi connectivity index (χ3n) is 2.85. The summed E-state index contributed by atoms with van der Waals surface area (Å²) >= 11 is 3.59. The predicted octanol–water partition coefficient (Wildman–Crippen LogP) is 1.96. The van der Waals surface area contributed by atoms with E-state index in [1.54, 1.807) is 6.20 Å². The van der Waals surface area contributed by atoms with E-state index in [1.807, 2.05) is 24.1 Å². The minimum absolute atomic E-state index is 0.823. The lowest BCUT2D eigenvalue weighted by Crippen LogP contribution is -2.21. The van der Waals surface area contributed by atoms with Gasteiger partial charge in [0.15, 0.2) is 0 Å². The lowest BCUT2D eigenvalue weighted by molar-refractivity contribution is 0.552. The first-order valence-corrected chi connectivity index (χ1v) is 6.90. The number of nitrogens with one attached hydrogen (secondary N) is 1. The highest BCUT2D eigenvalue weighted by Crippen LogP contribution is 2.20. The molecule has 2 aromatic heterocycles. The van der Waals surface area contributed by atoms with E-state index in [-0.39, 0.29) is 0 Å². The Morgan fingerprint density at radius 2 is 2.28 bits per heavy atom. The number of hydrogen-bond donors (Lipinski definition) is 1. The van der Waals surface area contributed by atoms with Gasteiger partial charge in [-0.05, 0) is 29.8 Å². The van der Waals surface area contributed by atoms with Crippen LogP contribution in [0.3, 0.4) is 0 Å². The average Bonchev–Trinajstić information content (AvgIpc) is 2.96. The van der Waals surface area contributed by atoms with Crippen molar-refractivity contribution in [1.82, 2.24) is 24.6 Å². The van der Waals surface area contributed by atoms with Gasteiger partial charge in [-0.15, -0.1) is 0 Å². The maximum absolute atomic E-state index is 4.47. The summed E-state index contributed by atoms with van der Waals surface area (Å²) in [6.07, 6.45) is 5.60. The molecular formula is C12H18BrN5. The molecule has 5 nitrogen and oxygen atoms in total. The molecule has 0 fully saturated rings. The van der Waals surface area contributed by atoms with Crippen LogP contribution in [-0.2, 0) is 19.6 Å². The van der Waals surface area contributed by atoms with E-state index in [9.17, 15) is 0 Å². The van der Waals surface area contributed by atoms with Gasteiger partial charge in [-0.25, -0.2) is 4.98 Å². The highest BCUT2D eigenvalue weighted by Gasteiger charge is 2.10. The monoisotopic (exact) mass is 311 g/mol. The van der Waals surface area contributed by atoms with Crippen LogP contribution in [-0.4, -0.2) is 25.9 Å². The summed E-state index contributed by atoms with van der Waals surface area (Å²) in [5.41, 5.74) is 2.25. The van der Waals surface area contributed by atoms with Crippen LogP contribution in [0.4, 0.5) is 0 Å². The van der Waals surface area contributed by atoms with Gasteiger partial charge in [0.1, 0.15) is 0 Å². The van der Waals surface area contributed by atoms with Crippen molar-refractivity contribution in [2.24, 2.45) is 0 Å². The number of aromatic nitrogens is 4. The van der Waals surface area contributed by atoms with Crippen LogP contribution in [0.2, 0.25) is 0 Å². The molecule has 0 unspecified atom stereocenters. The fourth-order valence-electron chi connectivity index (χ4n) is 1.87. The van der Waals surface area contributed by atoms with Crippen LogP contribution in [0.25, 0.3) is 0 Å². The van der Waals surface area contributed by atoms with Crippen LogP contribution >= 0.6 is 15.9 Å². The van der Waals surface area contributed by atoms with Crippen molar-refractivity contribution >= 4 is 15.9 Å². The number of aryl methyl sites for hydroxylation is 2. The summed E-state index contributed by atoms with van der Waals surface area (Å²) in [6, 6.07) is 0. The Balaban J connectivity index is 1.86. The number of halogens is 1. The molecule has 0 aromatic carbocycles. The molecule has 0 amide bonds. The molecule has 0 atom stereocenters. The third-order valence-corrected chi connectivity index (χ3v) is 3.88. The maximum Gasteiger partial charge on any atom is 0.0946 e. The zero-order valence-corrected chi connectivity index (χ0v) is 12.3. The van der Waals surface area contributed by atoms with Gasteiger partial charge in [0.25, 0.3) is 0 Å². The molecule has 0 aliphatic carbocycles. The summed E-state index contributed by atoms with van der Waals surface area (Å²) in [4.78, 5) is 4.02. The van der Waals surface area contributed by atoms with Crippen LogP contribution in [0, 0.1) is 6.92 Å². The molecule has 0 aliphatic rings. The Kier molecular flexibility index (Phi) is 4.54. The van der Waals surface area contributed by atoms with E-state index in [4.69, 9.17) is 0 Å². The van der Waals surface area contributed by atoms with Gasteiger partial charge in [0, 0.05) is 38.6 Å². The second-order valence-corrected chi connectivity index (χ2v) is 4.93. The van der Waals surface area contributed by atoms with Crippen molar-refractivity contribution in [3.8, 4) is 0 Å². The van der Waals surface area contributed by atoms with Crippen molar-refractivity contribution in [2.45, 2.75) is 33.5 Å². The van der Waals surface area contributed by atoms with Crippen molar-refractivity contribution in [1.29, 1.82) is 0 Å². The smallest absolute Gasteiger partial charge is 0.0946 e. The summed E-state index contributed by atoms with van der Waals surface area (Å²) < 4.78 is 5.20. The molecule has 6 heteroatoms. The maximum atomic E-state index is 4.47. The molecule has 0 saturated heterocycles. The third kappa shape index (κ3) is 3.00. The summed E-state index contributed by atoms with van der Waals surface area (Å²) in [7, 11) is 0. The molecule has 2 rings (SSSR count). The Hall–Kier alpha value is -1.14. The summed E-state index contributed by atoms with van der Waals surface area (Å²) in [6.45, 7) is 7.68. The van der Waals surface area contributed by atoms with Gasteiger partial charge in [0.2, 0.25) is 0 Å². The molecule has 2 heterocycles. The SMILES string of the molecule is CCn1nc(C)c(Br)c1CNCCn1ccnc1. The Bertz CT molecular complexity index is 489. The fraction of sp³-hybridized carbons (Fsp3) is 0.500. The highest BCUT2D eigenvalue weighted by molar-refractivity contribution is 9.10. The van der Waals surface area contributed by atoms with Gasteiger partial charge in [-0.3, -0.25) is 4.68 Å². The predicted molar refractivity (Wildman–Crippen MR) is 74.3 cm³/mol. The minimum Gasteiger partial charge on any atom is -0.336 e. The second-order valence-electron chi connectivity index (χ2n) is 4.14. The van der Waals surface area contributed by atoms with Crippen LogP contribution in [0.1, 0.15) is 18.3 Å². The highest BCUT2D eigenvalue weighted by atomic mass is 79.9. The van der Waals surface area contributed by atoms with E-state index in [0.717, 1.165) is 36.3 Å². The van der Waals surface area contributed by atoms with Crippen molar-refractivity contribution in [2.75, 3.05) is 6.54 Å².